The zero-order chi connectivity index (χ0) is 71.4. The molecule has 2 aromatic carbocycles. The topological polar surface area (TPSA) is 489 Å². The molecule has 14 N–H and O–H groups in total. The van der Waals surface area contributed by atoms with Crippen LogP contribution in [0.4, 0.5) is 4.39 Å². The van der Waals surface area contributed by atoms with Crippen molar-refractivity contribution in [3.63, 3.8) is 0 Å². The summed E-state index contributed by atoms with van der Waals surface area (Å²) >= 11 is 0. The number of hydrogen-bond donors (Lipinski definition) is 14. The molecule has 1 fully saturated rings. The van der Waals surface area contributed by atoms with E-state index in [-0.39, 0.29) is 62.1 Å². The van der Waals surface area contributed by atoms with Gasteiger partial charge in [-0.15, -0.1) is 0 Å². The molecule has 9 rings (SSSR count). The highest BCUT2D eigenvalue weighted by atomic mass is 19.1. The Morgan fingerprint density at radius 1 is 0.737 bits per heavy atom. The number of nitrogens with one attached hydrogen (secondary N) is 10. The summed E-state index contributed by atoms with van der Waals surface area (Å²) in [6, 6.07) is 7.72. The fourth-order valence-electron chi connectivity index (χ4n) is 12.0. The first-order chi connectivity index (χ1) is 47.3. The van der Waals surface area contributed by atoms with E-state index in [0.717, 1.165) is 12.2 Å². The molecule has 8 atom stereocenters. The molecule has 4 aromatic rings. The van der Waals surface area contributed by atoms with Crippen LogP contribution in [0.2, 0.25) is 0 Å². The number of fused-ring (bicyclic) bond motifs is 5. The summed E-state index contributed by atoms with van der Waals surface area (Å²) in [5.41, 5.74) is 1.35. The molecule has 12 amide bonds. The van der Waals surface area contributed by atoms with Gasteiger partial charge in [0.1, 0.15) is 62.7 Å². The van der Waals surface area contributed by atoms with Crippen LogP contribution in [0.3, 0.4) is 0 Å². The zero-order valence-electron chi connectivity index (χ0n) is 53.6. The van der Waals surface area contributed by atoms with E-state index in [0.29, 0.717) is 62.3 Å². The predicted octanol–water partition coefficient (Wildman–Crippen LogP) is -5.45. The lowest BCUT2D eigenvalue weighted by Gasteiger charge is -2.31. The lowest BCUT2D eigenvalue weighted by atomic mass is 9.81. The monoisotopic (exact) mass is 1380 g/mol. The molecule has 0 spiro atoms. The molecule has 99 heavy (non-hydrogen) atoms. The fraction of sp³-hybridized carbons (Fsp3) is 0.453. The lowest BCUT2D eigenvalue weighted by molar-refractivity contribution is -0.172. The molecule has 2 aromatic heterocycles. The van der Waals surface area contributed by atoms with Crippen molar-refractivity contribution in [3.8, 4) is 11.4 Å². The highest BCUT2D eigenvalue weighted by Crippen LogP contribution is 2.46. The molecule has 2 unspecified atom stereocenters. The third-order valence-electron chi connectivity index (χ3n) is 17.3. The van der Waals surface area contributed by atoms with E-state index >= 15 is 4.39 Å². The Bertz CT molecular complexity index is 3980. The molecular weight excluding hydrogens is 1310 g/mol. The van der Waals surface area contributed by atoms with Crippen molar-refractivity contribution in [2.24, 2.45) is 0 Å². The number of aliphatic hydroxyl groups excluding tert-OH is 3. The summed E-state index contributed by atoms with van der Waals surface area (Å²) in [4.78, 5) is 186. The lowest BCUT2D eigenvalue weighted by Crippen LogP contribution is -2.53. The minimum Gasteiger partial charge on any atom is -0.458 e. The Kier molecular flexibility index (Phi) is 23.7. The number of pyridine rings is 2. The van der Waals surface area contributed by atoms with Crippen LogP contribution < -0.4 is 58.7 Å². The van der Waals surface area contributed by atoms with Crippen LogP contribution >= 0.6 is 0 Å². The second-order valence-electron chi connectivity index (χ2n) is 23.9. The summed E-state index contributed by atoms with van der Waals surface area (Å²) in [5, 5.41) is 66.2. The largest absolute Gasteiger partial charge is 0.458 e. The van der Waals surface area contributed by atoms with Gasteiger partial charge < -0.3 is 92.4 Å². The Balaban J connectivity index is 0.732. The number of rotatable bonds is 31. The summed E-state index contributed by atoms with van der Waals surface area (Å²) in [6.07, 6.45) is -4.93. The first kappa shape index (κ1) is 72.8. The number of halogens is 1. The van der Waals surface area contributed by atoms with E-state index in [1.54, 1.807) is 44.2 Å². The molecule has 1 saturated heterocycles. The van der Waals surface area contributed by atoms with E-state index in [4.69, 9.17) is 19.2 Å². The smallest absolute Gasteiger partial charge is 0.343 e. The van der Waals surface area contributed by atoms with E-state index in [9.17, 15) is 87.5 Å². The normalized spacial score (nSPS) is 19.9. The molecule has 5 aliphatic rings. The summed E-state index contributed by atoms with van der Waals surface area (Å²) in [7, 11) is 0. The number of benzene rings is 2. The zero-order valence-corrected chi connectivity index (χ0v) is 53.6. The number of aromatic nitrogens is 2. The number of hydrogen-bond acceptors (Lipinski definition) is 22. The van der Waals surface area contributed by atoms with Gasteiger partial charge >= 0.3 is 5.97 Å². The molecule has 35 heteroatoms. The molecule has 6 heterocycles. The number of aliphatic hydroxyl groups is 4. The van der Waals surface area contributed by atoms with Crippen molar-refractivity contribution in [2.75, 3.05) is 59.2 Å². The maximum Gasteiger partial charge on any atom is 0.343 e. The van der Waals surface area contributed by atoms with Crippen molar-refractivity contribution >= 4 is 87.8 Å². The molecule has 0 saturated carbocycles. The average molecular weight is 1380 g/mol. The van der Waals surface area contributed by atoms with E-state index < -0.39 is 202 Å². The second-order valence-corrected chi connectivity index (χ2v) is 23.9. The number of imide groups is 1. The second kappa shape index (κ2) is 32.3. The SMILES string of the molecule is CC[C@@]1(O)C(=O)OCc2c1cc1n(c2=O)Cc2c-1nc1cc(F)c(C)c3c1c2[C@@H](NC(=O)COCNC(=O)CNC(=O)[C@H](Cc1ccccc1)NC(=O)CNC(=O)CNC(=O)C(CCC(=O)NC1O[C@H](CO)[C@@H](O)[C@H]1O)NC(=O)CCNC(=O)CCNC(=O)CN1C(=O)C=CC1=O)CC3. The van der Waals surface area contributed by atoms with Crippen LogP contribution in [0, 0.1) is 12.7 Å². The minimum absolute atomic E-state index is 0.01000. The molecule has 0 bridgehead atoms. The molecule has 0 radical (unpaired) electrons. The van der Waals surface area contributed by atoms with E-state index in [2.05, 4.69) is 53.2 Å². The van der Waals surface area contributed by atoms with Crippen molar-refractivity contribution in [3.05, 3.63) is 110 Å². The van der Waals surface area contributed by atoms with Crippen molar-refractivity contribution in [1.82, 2.24) is 67.6 Å². The van der Waals surface area contributed by atoms with Gasteiger partial charge in [-0.1, -0.05) is 37.3 Å². The Morgan fingerprint density at radius 2 is 1.39 bits per heavy atom. The van der Waals surface area contributed by atoms with Crippen molar-refractivity contribution < 1.29 is 101 Å². The van der Waals surface area contributed by atoms with Gasteiger partial charge in [0.05, 0.1) is 61.3 Å². The number of ether oxygens (including phenoxy) is 3. The van der Waals surface area contributed by atoms with Crippen molar-refractivity contribution in [1.29, 1.82) is 0 Å². The van der Waals surface area contributed by atoms with Crippen LogP contribution in [0.1, 0.15) is 90.4 Å². The molecule has 1 aliphatic carbocycles. The predicted molar refractivity (Wildman–Crippen MR) is 337 cm³/mol. The Morgan fingerprint density at radius 3 is 2.08 bits per heavy atom. The molecular formula is C64H74FN13O21. The maximum atomic E-state index is 15.5. The number of carbonyl (C=O) groups excluding carboxylic acids is 13. The minimum atomic E-state index is -2.09. The van der Waals surface area contributed by atoms with Crippen LogP contribution in [0.5, 0.6) is 0 Å². The van der Waals surface area contributed by atoms with E-state index in [1.165, 1.54) is 16.7 Å². The van der Waals surface area contributed by atoms with Crippen molar-refractivity contribution in [2.45, 2.75) is 127 Å². The van der Waals surface area contributed by atoms with E-state index in [1.807, 2.05) is 0 Å². The number of amides is 12. The quantitative estimate of drug-likeness (QED) is 0.00852. The maximum absolute atomic E-state index is 15.5. The van der Waals surface area contributed by atoms with Gasteiger partial charge in [-0.3, -0.25) is 67.2 Å². The van der Waals surface area contributed by atoms with Crippen LogP contribution in [0.25, 0.3) is 22.3 Å². The van der Waals surface area contributed by atoms with Gasteiger partial charge in [-0.25, -0.2) is 14.2 Å². The molecule has 528 valence electrons. The third kappa shape index (κ3) is 17.3. The van der Waals surface area contributed by atoms with Gasteiger partial charge in [0.25, 0.3) is 17.4 Å². The third-order valence-corrected chi connectivity index (χ3v) is 17.3. The highest BCUT2D eigenvalue weighted by molar-refractivity contribution is 6.14. The van der Waals surface area contributed by atoms with Gasteiger partial charge in [-0.2, -0.15) is 0 Å². The number of nitrogens with zero attached hydrogens (tertiary/aromatic N) is 3. The Hall–Kier alpha value is -10.5. The van der Waals surface area contributed by atoms with Gasteiger partial charge in [0, 0.05) is 73.5 Å². The summed E-state index contributed by atoms with van der Waals surface area (Å²) in [6.45, 7) is -2.02. The summed E-state index contributed by atoms with van der Waals surface area (Å²) in [5.74, 6) is -10.7. The number of aryl methyl sites for hydroxylation is 1. The fourth-order valence-corrected chi connectivity index (χ4v) is 12.0. The molecule has 34 nitrogen and oxygen atoms in total. The first-order valence-corrected chi connectivity index (χ1v) is 31.7. The number of cyclic esters (lactones) is 1. The number of esters is 1. The van der Waals surface area contributed by atoms with Crippen LogP contribution in [-0.4, -0.2) is 208 Å². The van der Waals surface area contributed by atoms with Gasteiger partial charge in [0.15, 0.2) is 11.8 Å². The highest BCUT2D eigenvalue weighted by Gasteiger charge is 2.47. The van der Waals surface area contributed by atoms with Crippen LogP contribution in [-0.2, 0) is 108 Å². The Labute approximate surface area is 561 Å². The van der Waals surface area contributed by atoms with Gasteiger partial charge in [0.2, 0.25) is 59.1 Å². The average Bonchev–Trinajstić information content (AvgIpc) is 1.61. The first-order valence-electron chi connectivity index (χ1n) is 31.7. The summed E-state index contributed by atoms with van der Waals surface area (Å²) < 4.78 is 32.9. The standard InChI is InChI=1S/C64H74FN13O21/c1-3-64(96)36-20-42-56-34(25-77(42)62(94)35(36)28-98-63(64)95)55-38(10-9-33-31(2)37(65)21-40(75-56)54(33)55)72-51(87)29-97-30-71-48(84)23-70-60(93)41(19-32-7-5-4-6-8-32)74-49(85)24-68-47(83)22-69-59(92)39(11-12-45(81)76-61-58(91)57(90)43(27-79)99-61)73-46(82)16-18-66-44(80)15-17-67-50(86)26-78-52(88)13-14-53(78)89/h4-8,13-14,20-21,38-39,41,43,57-58,61,79,90-91,96H,3,9-12,15-19,22-30H2,1-2H3,(H,66,80)(H,67,86)(H,68,83)(H,69,92)(H,70,93)(H,71,84)(H,72,87)(H,73,82)(H,74,85)(H,76,81)/t38-,39?,41-,43+,57+,58+,61?,64-/m0/s1. The van der Waals surface area contributed by atoms with Gasteiger partial charge in [-0.05, 0) is 60.9 Å². The number of carbonyl (C=O) groups is 13. The molecule has 4 aliphatic heterocycles. The van der Waals surface area contributed by atoms with Crippen LogP contribution in [0.15, 0.2) is 59.4 Å².